The molecule has 10 heteroatoms. The second kappa shape index (κ2) is 7.18. The van der Waals surface area contributed by atoms with Crippen molar-refractivity contribution in [2.24, 2.45) is 7.05 Å². The number of pyridine rings is 1. The maximum absolute atomic E-state index is 13.8. The Hall–Kier alpha value is -3.69. The number of hydrogen-bond acceptors (Lipinski definition) is 3. The first-order valence-corrected chi connectivity index (χ1v) is 9.90. The molecule has 0 N–H and O–H groups in total. The number of carbonyl (C=O) groups excluding carboxylic acids is 1. The molecule has 6 nitrogen and oxygen atoms in total. The molecule has 0 radical (unpaired) electrons. The number of nitrogens with zero attached hydrogens (tertiary/aromatic N) is 5. The summed E-state index contributed by atoms with van der Waals surface area (Å²) in [4.78, 5) is 14.9. The highest BCUT2D eigenvalue weighted by Crippen LogP contribution is 2.37. The van der Waals surface area contributed by atoms with E-state index in [1.807, 2.05) is 6.92 Å². The Labute approximate surface area is 179 Å². The highest BCUT2D eigenvalue weighted by atomic mass is 19.2. The second-order valence-corrected chi connectivity index (χ2v) is 7.75. The molecule has 1 atom stereocenters. The van der Waals surface area contributed by atoms with Gasteiger partial charge < -0.3 is 4.90 Å². The number of fused-ring (bicyclic) bond motifs is 2. The summed E-state index contributed by atoms with van der Waals surface area (Å²) < 4.78 is 57.3. The van der Waals surface area contributed by atoms with Crippen molar-refractivity contribution in [3.63, 3.8) is 0 Å². The molecule has 0 bridgehead atoms. The molecular formula is C22H17F4N5O. The fourth-order valence-corrected chi connectivity index (χ4v) is 4.35. The zero-order valence-electron chi connectivity index (χ0n) is 17.1. The van der Waals surface area contributed by atoms with E-state index in [0.29, 0.717) is 35.4 Å². The topological polar surface area (TPSA) is 55.4 Å². The fraction of sp³-hybridized carbons (Fsp3) is 0.227. The van der Waals surface area contributed by atoms with E-state index in [1.54, 1.807) is 11.9 Å². The standard InChI is InChI=1S/C22H17F4N5O/c1-11-20-14(21(29(2)28-20)12-7-16(24)19(26)17(25)8-12)5-6-30(11)22(32)15-9-27-31-10-13(23)3-4-18(15)31/h3-4,7-11H,5-6H2,1-2H3/t11-/m0/s1. The lowest BCUT2D eigenvalue weighted by atomic mass is 9.95. The van der Waals surface area contributed by atoms with Crippen LogP contribution in [-0.2, 0) is 13.5 Å². The first-order valence-electron chi connectivity index (χ1n) is 9.90. The monoisotopic (exact) mass is 443 g/mol. The summed E-state index contributed by atoms with van der Waals surface area (Å²) in [5.41, 5.74) is 2.80. The third-order valence-corrected chi connectivity index (χ3v) is 5.87. The molecule has 0 saturated heterocycles. The zero-order valence-corrected chi connectivity index (χ0v) is 17.1. The number of carbonyl (C=O) groups is 1. The average Bonchev–Trinajstić information content (AvgIpc) is 3.32. The minimum absolute atomic E-state index is 0.175. The molecular weight excluding hydrogens is 426 g/mol. The molecule has 3 aromatic heterocycles. The van der Waals surface area contributed by atoms with Gasteiger partial charge in [0.25, 0.3) is 5.91 Å². The molecule has 0 spiro atoms. The molecule has 4 aromatic rings. The van der Waals surface area contributed by atoms with Crippen LogP contribution in [0, 0.1) is 23.3 Å². The van der Waals surface area contributed by atoms with Crippen LogP contribution < -0.4 is 0 Å². The molecule has 0 unspecified atom stereocenters. The third kappa shape index (κ3) is 2.97. The summed E-state index contributed by atoms with van der Waals surface area (Å²) in [5.74, 6) is -4.83. The second-order valence-electron chi connectivity index (χ2n) is 7.75. The summed E-state index contributed by atoms with van der Waals surface area (Å²) in [6, 6.07) is 4.20. The molecule has 1 aliphatic rings. The molecule has 1 aliphatic heterocycles. The van der Waals surface area contributed by atoms with E-state index in [1.165, 1.54) is 33.7 Å². The van der Waals surface area contributed by atoms with Crippen molar-refractivity contribution in [1.29, 1.82) is 0 Å². The molecule has 5 rings (SSSR count). The lowest BCUT2D eigenvalue weighted by Crippen LogP contribution is -2.38. The maximum Gasteiger partial charge on any atom is 0.258 e. The average molecular weight is 443 g/mol. The van der Waals surface area contributed by atoms with Gasteiger partial charge in [-0.15, -0.1) is 0 Å². The molecule has 1 aromatic carbocycles. The first kappa shape index (κ1) is 20.2. The maximum atomic E-state index is 13.8. The Bertz CT molecular complexity index is 1370. The minimum Gasteiger partial charge on any atom is -0.330 e. The van der Waals surface area contributed by atoms with Crippen molar-refractivity contribution >= 4 is 11.4 Å². The normalized spacial score (nSPS) is 15.9. The van der Waals surface area contributed by atoms with Crippen LogP contribution in [0.1, 0.15) is 34.6 Å². The lowest BCUT2D eigenvalue weighted by molar-refractivity contribution is 0.0675. The van der Waals surface area contributed by atoms with E-state index in [-0.39, 0.29) is 11.5 Å². The Morgan fingerprint density at radius 2 is 1.84 bits per heavy atom. The predicted octanol–water partition coefficient (Wildman–Crippen LogP) is 4.05. The largest absolute Gasteiger partial charge is 0.330 e. The summed E-state index contributed by atoms with van der Waals surface area (Å²) in [6.07, 6.45) is 2.98. The molecule has 0 saturated carbocycles. The van der Waals surface area contributed by atoms with Gasteiger partial charge in [-0.1, -0.05) is 0 Å². The smallest absolute Gasteiger partial charge is 0.258 e. The van der Waals surface area contributed by atoms with Crippen molar-refractivity contribution in [3.05, 3.63) is 76.7 Å². The van der Waals surface area contributed by atoms with Gasteiger partial charge in [0.15, 0.2) is 17.5 Å². The highest BCUT2D eigenvalue weighted by molar-refractivity contribution is 6.01. The molecule has 32 heavy (non-hydrogen) atoms. The van der Waals surface area contributed by atoms with Gasteiger partial charge in [0, 0.05) is 24.7 Å². The molecule has 0 aliphatic carbocycles. The molecule has 1 amide bonds. The molecule has 4 heterocycles. The quantitative estimate of drug-likeness (QED) is 0.347. The van der Waals surface area contributed by atoms with Crippen LogP contribution in [0.3, 0.4) is 0 Å². The van der Waals surface area contributed by atoms with Gasteiger partial charge in [-0.3, -0.25) is 9.48 Å². The van der Waals surface area contributed by atoms with Crippen LogP contribution in [0.5, 0.6) is 0 Å². The van der Waals surface area contributed by atoms with E-state index >= 15 is 0 Å². The van der Waals surface area contributed by atoms with E-state index in [9.17, 15) is 22.4 Å². The molecule has 0 fully saturated rings. The van der Waals surface area contributed by atoms with Gasteiger partial charge in [-0.25, -0.2) is 22.1 Å². The van der Waals surface area contributed by atoms with Crippen molar-refractivity contribution in [2.45, 2.75) is 19.4 Å². The Morgan fingerprint density at radius 1 is 1.12 bits per heavy atom. The Kier molecular flexibility index (Phi) is 4.54. The van der Waals surface area contributed by atoms with Gasteiger partial charge in [-0.2, -0.15) is 10.2 Å². The van der Waals surface area contributed by atoms with E-state index in [0.717, 1.165) is 17.7 Å². The number of hydrogen-bond donors (Lipinski definition) is 0. The number of benzene rings is 1. The van der Waals surface area contributed by atoms with Gasteiger partial charge in [0.05, 0.1) is 40.9 Å². The number of halogens is 4. The summed E-state index contributed by atoms with van der Waals surface area (Å²) in [5, 5.41) is 8.55. The predicted molar refractivity (Wildman–Crippen MR) is 107 cm³/mol. The van der Waals surface area contributed by atoms with Gasteiger partial charge in [-0.05, 0) is 37.6 Å². The van der Waals surface area contributed by atoms with Crippen LogP contribution >= 0.6 is 0 Å². The minimum atomic E-state index is -1.52. The van der Waals surface area contributed by atoms with Gasteiger partial charge in [0.2, 0.25) is 0 Å². The van der Waals surface area contributed by atoms with Crippen LogP contribution in [0.4, 0.5) is 17.6 Å². The fourth-order valence-electron chi connectivity index (χ4n) is 4.35. The molecule has 164 valence electrons. The van der Waals surface area contributed by atoms with Crippen molar-refractivity contribution < 1.29 is 22.4 Å². The number of amides is 1. The van der Waals surface area contributed by atoms with Gasteiger partial charge in [0.1, 0.15) is 5.82 Å². The lowest BCUT2D eigenvalue weighted by Gasteiger charge is -2.32. The number of aryl methyl sites for hydroxylation is 1. The van der Waals surface area contributed by atoms with Crippen LogP contribution in [0.25, 0.3) is 16.8 Å². The van der Waals surface area contributed by atoms with E-state index in [2.05, 4.69) is 10.2 Å². The van der Waals surface area contributed by atoms with Crippen LogP contribution in [0.15, 0.2) is 36.7 Å². The Morgan fingerprint density at radius 3 is 2.56 bits per heavy atom. The number of rotatable bonds is 2. The highest BCUT2D eigenvalue weighted by Gasteiger charge is 2.34. The summed E-state index contributed by atoms with van der Waals surface area (Å²) in [6.45, 7) is 2.14. The third-order valence-electron chi connectivity index (χ3n) is 5.87. The number of aromatic nitrogens is 4. The van der Waals surface area contributed by atoms with Crippen molar-refractivity contribution in [3.8, 4) is 11.3 Å². The first-order chi connectivity index (χ1) is 15.3. The van der Waals surface area contributed by atoms with E-state index < -0.39 is 29.3 Å². The SMILES string of the molecule is C[C@H]1c2nn(C)c(-c3cc(F)c(F)c(F)c3)c2CCN1C(=O)c1cnn2cc(F)ccc12. The summed E-state index contributed by atoms with van der Waals surface area (Å²) in [7, 11) is 1.63. The van der Waals surface area contributed by atoms with Crippen LogP contribution in [-0.4, -0.2) is 36.7 Å². The zero-order chi connectivity index (χ0) is 22.7. The summed E-state index contributed by atoms with van der Waals surface area (Å²) >= 11 is 0. The van der Waals surface area contributed by atoms with E-state index in [4.69, 9.17) is 0 Å². The van der Waals surface area contributed by atoms with Gasteiger partial charge >= 0.3 is 0 Å². The van der Waals surface area contributed by atoms with Crippen molar-refractivity contribution in [2.75, 3.05) is 6.54 Å². The van der Waals surface area contributed by atoms with Crippen LogP contribution in [0.2, 0.25) is 0 Å². The van der Waals surface area contributed by atoms with Crippen molar-refractivity contribution in [1.82, 2.24) is 24.3 Å². The Balaban J connectivity index is 1.52.